The van der Waals surface area contributed by atoms with Gasteiger partial charge in [0.2, 0.25) is 5.91 Å². The van der Waals surface area contributed by atoms with Crippen molar-refractivity contribution in [2.45, 2.75) is 19.3 Å². The number of likely N-dealkylation sites (tertiary alicyclic amines) is 1. The number of amides is 1. The fourth-order valence-corrected chi connectivity index (χ4v) is 1.90. The molecule has 1 fully saturated rings. The average Bonchev–Trinajstić information content (AvgIpc) is 2.27. The van der Waals surface area contributed by atoms with Crippen LogP contribution in [-0.2, 0) is 4.79 Å². The monoisotopic (exact) mass is 213 g/mol. The Morgan fingerprint density at radius 2 is 2.00 bits per heavy atom. The maximum Gasteiger partial charge on any atom is 0.233 e. The zero-order valence-corrected chi connectivity index (χ0v) is 9.96. The van der Waals surface area contributed by atoms with Crippen molar-refractivity contribution in [1.82, 2.24) is 15.1 Å². The van der Waals surface area contributed by atoms with Crippen LogP contribution in [0.25, 0.3) is 0 Å². The summed E-state index contributed by atoms with van der Waals surface area (Å²) < 4.78 is 0. The summed E-state index contributed by atoms with van der Waals surface area (Å²) in [6.07, 6.45) is 4.04. The van der Waals surface area contributed by atoms with Crippen LogP contribution in [-0.4, -0.2) is 62.5 Å². The van der Waals surface area contributed by atoms with Crippen molar-refractivity contribution >= 4 is 5.91 Å². The first kappa shape index (κ1) is 12.5. The molecule has 0 unspecified atom stereocenters. The van der Waals surface area contributed by atoms with E-state index in [1.807, 2.05) is 7.05 Å². The Kier molecular flexibility index (Phi) is 5.65. The first-order valence-electron chi connectivity index (χ1n) is 5.84. The van der Waals surface area contributed by atoms with Gasteiger partial charge in [-0.3, -0.25) is 9.69 Å². The quantitative estimate of drug-likeness (QED) is 0.706. The van der Waals surface area contributed by atoms with Crippen LogP contribution in [0.5, 0.6) is 0 Å². The van der Waals surface area contributed by atoms with Crippen LogP contribution in [0.4, 0.5) is 0 Å². The molecule has 0 spiro atoms. The Bertz CT molecular complexity index is 190. The number of piperidine rings is 1. The maximum atomic E-state index is 11.1. The molecule has 0 aliphatic carbocycles. The maximum absolute atomic E-state index is 11.1. The summed E-state index contributed by atoms with van der Waals surface area (Å²) in [6.45, 7) is 5.03. The number of hydrogen-bond acceptors (Lipinski definition) is 3. The smallest absolute Gasteiger partial charge is 0.233 e. The zero-order chi connectivity index (χ0) is 11.1. The second kappa shape index (κ2) is 6.80. The number of carbonyl (C=O) groups is 1. The number of nitrogens with one attached hydrogen (secondary N) is 1. The Morgan fingerprint density at radius 3 is 2.60 bits per heavy atom. The molecule has 0 aromatic carbocycles. The summed E-state index contributed by atoms with van der Waals surface area (Å²) in [5.41, 5.74) is 0. The molecule has 0 radical (unpaired) electrons. The predicted molar refractivity (Wildman–Crippen MR) is 61.9 cm³/mol. The standard InChI is InChI=1S/C11H23N3O/c1-12-11(15)10-13(2)8-9-14-6-4-3-5-7-14/h3-10H2,1-2H3,(H,12,15). The van der Waals surface area contributed by atoms with Gasteiger partial charge in [-0.15, -0.1) is 0 Å². The second-order valence-electron chi connectivity index (χ2n) is 4.31. The molecule has 1 amide bonds. The number of likely N-dealkylation sites (N-methyl/N-ethyl adjacent to an activating group) is 2. The molecular formula is C11H23N3O. The van der Waals surface area contributed by atoms with E-state index in [0.717, 1.165) is 13.1 Å². The molecule has 1 aliphatic heterocycles. The van der Waals surface area contributed by atoms with E-state index in [2.05, 4.69) is 15.1 Å². The minimum absolute atomic E-state index is 0.0937. The van der Waals surface area contributed by atoms with Crippen molar-refractivity contribution in [3.8, 4) is 0 Å². The molecule has 4 heteroatoms. The molecule has 1 heterocycles. The average molecular weight is 213 g/mol. The zero-order valence-electron chi connectivity index (χ0n) is 9.96. The lowest BCUT2D eigenvalue weighted by Gasteiger charge is -2.28. The van der Waals surface area contributed by atoms with Gasteiger partial charge in [-0.05, 0) is 33.0 Å². The number of nitrogens with zero attached hydrogens (tertiary/aromatic N) is 2. The lowest BCUT2D eigenvalue weighted by molar-refractivity contribution is -0.121. The minimum atomic E-state index is 0.0937. The highest BCUT2D eigenvalue weighted by molar-refractivity contribution is 5.77. The van der Waals surface area contributed by atoms with Crippen LogP contribution in [0.15, 0.2) is 0 Å². The van der Waals surface area contributed by atoms with E-state index in [-0.39, 0.29) is 5.91 Å². The molecule has 0 atom stereocenters. The molecule has 0 aromatic rings. The Labute approximate surface area is 92.6 Å². The summed E-state index contributed by atoms with van der Waals surface area (Å²) in [6, 6.07) is 0. The van der Waals surface area contributed by atoms with E-state index in [4.69, 9.17) is 0 Å². The van der Waals surface area contributed by atoms with E-state index in [0.29, 0.717) is 6.54 Å². The van der Waals surface area contributed by atoms with E-state index in [9.17, 15) is 4.79 Å². The fraction of sp³-hybridized carbons (Fsp3) is 0.909. The fourth-order valence-electron chi connectivity index (χ4n) is 1.90. The van der Waals surface area contributed by atoms with Crippen molar-refractivity contribution in [3.05, 3.63) is 0 Å². The Morgan fingerprint density at radius 1 is 1.33 bits per heavy atom. The summed E-state index contributed by atoms with van der Waals surface area (Å²) in [5.74, 6) is 0.0937. The number of rotatable bonds is 5. The van der Waals surface area contributed by atoms with Gasteiger partial charge in [-0.25, -0.2) is 0 Å². The van der Waals surface area contributed by atoms with E-state index >= 15 is 0 Å². The van der Waals surface area contributed by atoms with Gasteiger partial charge < -0.3 is 10.2 Å². The Hall–Kier alpha value is -0.610. The molecule has 1 aliphatic rings. The van der Waals surface area contributed by atoms with Gasteiger partial charge in [0.1, 0.15) is 0 Å². The van der Waals surface area contributed by atoms with E-state index < -0.39 is 0 Å². The summed E-state index contributed by atoms with van der Waals surface area (Å²) in [7, 11) is 3.68. The van der Waals surface area contributed by atoms with Crippen LogP contribution in [0.2, 0.25) is 0 Å². The summed E-state index contributed by atoms with van der Waals surface area (Å²) >= 11 is 0. The van der Waals surface area contributed by atoms with Crippen LogP contribution in [0, 0.1) is 0 Å². The molecule has 4 nitrogen and oxygen atoms in total. The summed E-state index contributed by atoms with van der Waals surface area (Å²) in [5, 5.41) is 2.64. The molecule has 15 heavy (non-hydrogen) atoms. The van der Waals surface area contributed by atoms with Gasteiger partial charge in [0.25, 0.3) is 0 Å². The van der Waals surface area contributed by atoms with Crippen LogP contribution >= 0.6 is 0 Å². The first-order chi connectivity index (χ1) is 7.22. The lowest BCUT2D eigenvalue weighted by Crippen LogP contribution is -2.39. The third-order valence-electron chi connectivity index (χ3n) is 2.94. The van der Waals surface area contributed by atoms with Crippen LogP contribution in [0.1, 0.15) is 19.3 Å². The highest BCUT2D eigenvalue weighted by Gasteiger charge is 2.11. The highest BCUT2D eigenvalue weighted by Crippen LogP contribution is 2.07. The molecule has 1 N–H and O–H groups in total. The van der Waals surface area contributed by atoms with E-state index in [1.54, 1.807) is 7.05 Å². The molecule has 1 rings (SSSR count). The van der Waals surface area contributed by atoms with Crippen molar-refractivity contribution in [2.75, 3.05) is 46.8 Å². The highest BCUT2D eigenvalue weighted by atomic mass is 16.1. The lowest BCUT2D eigenvalue weighted by atomic mass is 10.1. The molecule has 0 aromatic heterocycles. The van der Waals surface area contributed by atoms with E-state index in [1.165, 1.54) is 32.4 Å². The third-order valence-corrected chi connectivity index (χ3v) is 2.94. The SMILES string of the molecule is CNC(=O)CN(C)CCN1CCCCC1. The summed E-state index contributed by atoms with van der Waals surface area (Å²) in [4.78, 5) is 15.7. The molecule has 1 saturated heterocycles. The van der Waals surface area contributed by atoms with Crippen LogP contribution < -0.4 is 5.32 Å². The van der Waals surface area contributed by atoms with Gasteiger partial charge in [0.05, 0.1) is 6.54 Å². The normalized spacial score (nSPS) is 18.1. The molecular weight excluding hydrogens is 190 g/mol. The van der Waals surface area contributed by atoms with Crippen molar-refractivity contribution < 1.29 is 4.79 Å². The minimum Gasteiger partial charge on any atom is -0.358 e. The van der Waals surface area contributed by atoms with Crippen molar-refractivity contribution in [3.63, 3.8) is 0 Å². The Balaban J connectivity index is 2.09. The van der Waals surface area contributed by atoms with Crippen molar-refractivity contribution in [1.29, 1.82) is 0 Å². The molecule has 0 saturated carbocycles. The van der Waals surface area contributed by atoms with Gasteiger partial charge in [0.15, 0.2) is 0 Å². The van der Waals surface area contributed by atoms with Crippen molar-refractivity contribution in [2.24, 2.45) is 0 Å². The largest absolute Gasteiger partial charge is 0.358 e. The number of hydrogen-bond donors (Lipinski definition) is 1. The van der Waals surface area contributed by atoms with Crippen LogP contribution in [0.3, 0.4) is 0 Å². The topological polar surface area (TPSA) is 35.6 Å². The molecule has 88 valence electrons. The first-order valence-corrected chi connectivity index (χ1v) is 5.84. The van der Waals surface area contributed by atoms with Gasteiger partial charge in [-0.2, -0.15) is 0 Å². The predicted octanol–water partition coefficient (Wildman–Crippen LogP) is 0.150. The van der Waals surface area contributed by atoms with Gasteiger partial charge in [0, 0.05) is 20.1 Å². The van der Waals surface area contributed by atoms with Gasteiger partial charge in [-0.1, -0.05) is 6.42 Å². The third kappa shape index (κ3) is 5.14. The number of carbonyl (C=O) groups excluding carboxylic acids is 1. The second-order valence-corrected chi connectivity index (χ2v) is 4.31. The van der Waals surface area contributed by atoms with Gasteiger partial charge >= 0.3 is 0 Å². The molecule has 0 bridgehead atoms.